The average Bonchev–Trinajstić information content (AvgIpc) is 2.69. The summed E-state index contributed by atoms with van der Waals surface area (Å²) in [5.74, 6) is 0.962. The van der Waals surface area contributed by atoms with Gasteiger partial charge in [0, 0.05) is 37.4 Å². The molecule has 2 aliphatic rings. The monoisotopic (exact) mass is 350 g/mol. The van der Waals surface area contributed by atoms with E-state index < -0.39 is 0 Å². The molecule has 0 saturated carbocycles. The molecule has 0 aromatic heterocycles. The van der Waals surface area contributed by atoms with Gasteiger partial charge in [0.1, 0.15) is 12.4 Å². The first kappa shape index (κ1) is 17.1. The van der Waals surface area contributed by atoms with Gasteiger partial charge in [-0.05, 0) is 42.2 Å². The molecule has 0 bridgehead atoms. The van der Waals surface area contributed by atoms with E-state index in [1.165, 1.54) is 16.8 Å². The topological polar surface area (TPSA) is 44.7 Å². The number of nitrogens with one attached hydrogen (secondary N) is 1. The first-order valence-corrected chi connectivity index (χ1v) is 9.41. The van der Waals surface area contributed by atoms with Crippen LogP contribution in [0, 0.1) is 0 Å². The number of para-hydroxylation sites is 2. The molecular formula is C22H26N2O2. The number of aliphatic hydroxyl groups is 1. The van der Waals surface area contributed by atoms with Gasteiger partial charge in [0.2, 0.25) is 0 Å². The second-order valence-electron chi connectivity index (χ2n) is 7.15. The number of ether oxygens (including phenoxy) is 1. The Balaban J connectivity index is 1.40. The number of fused-ring (bicyclic) bond motifs is 1. The number of anilines is 1. The Kier molecular flexibility index (Phi) is 5.23. The minimum absolute atomic E-state index is 0.124. The lowest BCUT2D eigenvalue weighted by atomic mass is 10.1. The number of rotatable bonds is 5. The van der Waals surface area contributed by atoms with Crippen molar-refractivity contribution in [2.24, 2.45) is 0 Å². The summed E-state index contributed by atoms with van der Waals surface area (Å²) >= 11 is 0. The summed E-state index contributed by atoms with van der Waals surface area (Å²) in [6.07, 6.45) is 3.85. The van der Waals surface area contributed by atoms with Crippen molar-refractivity contribution in [2.75, 3.05) is 31.6 Å². The van der Waals surface area contributed by atoms with E-state index in [4.69, 9.17) is 4.74 Å². The Morgan fingerprint density at radius 2 is 1.81 bits per heavy atom. The Morgan fingerprint density at radius 1 is 1.04 bits per heavy atom. The maximum absolute atomic E-state index is 9.69. The molecule has 0 spiro atoms. The molecule has 0 atom stereocenters. The van der Waals surface area contributed by atoms with Gasteiger partial charge in [0.15, 0.2) is 0 Å². The molecular weight excluding hydrogens is 324 g/mol. The van der Waals surface area contributed by atoms with Crippen LogP contribution >= 0.6 is 0 Å². The molecule has 4 heteroatoms. The quantitative estimate of drug-likeness (QED) is 0.866. The molecule has 136 valence electrons. The van der Waals surface area contributed by atoms with Crippen LogP contribution < -0.4 is 10.1 Å². The van der Waals surface area contributed by atoms with E-state index in [2.05, 4.69) is 46.6 Å². The average molecular weight is 350 g/mol. The molecule has 26 heavy (non-hydrogen) atoms. The van der Waals surface area contributed by atoms with E-state index >= 15 is 0 Å². The molecule has 0 unspecified atom stereocenters. The maximum Gasteiger partial charge on any atom is 0.127 e. The Labute approximate surface area is 155 Å². The molecule has 0 amide bonds. The minimum atomic E-state index is -0.124. The normalized spacial score (nSPS) is 18.0. The highest BCUT2D eigenvalue weighted by Gasteiger charge is 2.18. The Morgan fingerprint density at radius 3 is 2.69 bits per heavy atom. The zero-order chi connectivity index (χ0) is 17.8. The zero-order valence-corrected chi connectivity index (χ0v) is 15.0. The summed E-state index contributed by atoms with van der Waals surface area (Å²) in [5.41, 5.74) is 4.88. The van der Waals surface area contributed by atoms with Crippen LogP contribution in [0.15, 0.2) is 54.1 Å². The Hall–Kier alpha value is -2.30. The van der Waals surface area contributed by atoms with Crippen molar-refractivity contribution in [3.05, 3.63) is 65.2 Å². The lowest BCUT2D eigenvalue weighted by Gasteiger charge is -2.30. The highest BCUT2D eigenvalue weighted by atomic mass is 16.5. The van der Waals surface area contributed by atoms with Crippen LogP contribution in [-0.4, -0.2) is 42.4 Å². The highest BCUT2D eigenvalue weighted by Crippen LogP contribution is 2.26. The van der Waals surface area contributed by atoms with E-state index in [9.17, 15) is 5.11 Å². The second kappa shape index (κ2) is 7.94. The van der Waals surface area contributed by atoms with Crippen LogP contribution in [0.5, 0.6) is 5.75 Å². The van der Waals surface area contributed by atoms with Gasteiger partial charge in [-0.2, -0.15) is 0 Å². The van der Waals surface area contributed by atoms with E-state index in [0.717, 1.165) is 50.3 Å². The molecule has 2 aliphatic heterocycles. The zero-order valence-electron chi connectivity index (χ0n) is 15.0. The number of aliphatic hydroxyl groups excluding tert-OH is 1. The van der Waals surface area contributed by atoms with Crippen molar-refractivity contribution in [3.63, 3.8) is 0 Å². The lowest BCUT2D eigenvalue weighted by Crippen LogP contribution is -2.35. The number of nitrogens with zero attached hydrogens (tertiary/aromatic N) is 1. The highest BCUT2D eigenvalue weighted by molar-refractivity contribution is 5.63. The molecule has 2 aromatic rings. The van der Waals surface area contributed by atoms with E-state index in [1.54, 1.807) is 0 Å². The molecule has 2 aromatic carbocycles. The van der Waals surface area contributed by atoms with Gasteiger partial charge in [-0.3, -0.25) is 4.90 Å². The van der Waals surface area contributed by atoms with Gasteiger partial charge < -0.3 is 15.2 Å². The van der Waals surface area contributed by atoms with Crippen molar-refractivity contribution >= 4 is 11.8 Å². The summed E-state index contributed by atoms with van der Waals surface area (Å²) in [7, 11) is 0. The van der Waals surface area contributed by atoms with Crippen LogP contribution in [-0.2, 0) is 6.54 Å². The summed E-state index contributed by atoms with van der Waals surface area (Å²) < 4.78 is 5.85. The van der Waals surface area contributed by atoms with Crippen LogP contribution in [0.1, 0.15) is 24.0 Å². The van der Waals surface area contributed by atoms with Gasteiger partial charge in [0.25, 0.3) is 0 Å². The fourth-order valence-corrected chi connectivity index (χ4v) is 3.62. The number of piperidine rings is 1. The van der Waals surface area contributed by atoms with Crippen LogP contribution in [0.3, 0.4) is 0 Å². The van der Waals surface area contributed by atoms with Gasteiger partial charge in [-0.15, -0.1) is 0 Å². The van der Waals surface area contributed by atoms with Crippen molar-refractivity contribution in [1.29, 1.82) is 0 Å². The van der Waals surface area contributed by atoms with E-state index in [-0.39, 0.29) is 6.10 Å². The van der Waals surface area contributed by atoms with Crippen molar-refractivity contribution in [1.82, 2.24) is 4.90 Å². The summed E-state index contributed by atoms with van der Waals surface area (Å²) in [6.45, 7) is 4.27. The molecule has 2 N–H and O–H groups in total. The fraction of sp³-hybridized carbons (Fsp3) is 0.364. The predicted molar refractivity (Wildman–Crippen MR) is 105 cm³/mol. The van der Waals surface area contributed by atoms with Crippen molar-refractivity contribution in [2.45, 2.75) is 25.5 Å². The third kappa shape index (κ3) is 4.09. The van der Waals surface area contributed by atoms with Gasteiger partial charge in [-0.1, -0.05) is 36.4 Å². The molecule has 1 fully saturated rings. The largest absolute Gasteiger partial charge is 0.489 e. The smallest absolute Gasteiger partial charge is 0.127 e. The molecule has 2 heterocycles. The number of hydrogen-bond acceptors (Lipinski definition) is 4. The summed E-state index contributed by atoms with van der Waals surface area (Å²) in [5, 5.41) is 13.3. The first-order valence-electron chi connectivity index (χ1n) is 9.41. The second-order valence-corrected chi connectivity index (χ2v) is 7.15. The molecule has 0 radical (unpaired) electrons. The fourth-order valence-electron chi connectivity index (χ4n) is 3.62. The SMILES string of the molecule is OC1CCN(Cc2ccccc2NCC2=Cc3ccccc3OC2)CC1. The maximum atomic E-state index is 9.69. The molecule has 4 rings (SSSR count). The van der Waals surface area contributed by atoms with E-state index in [1.807, 2.05) is 18.2 Å². The van der Waals surface area contributed by atoms with Crippen molar-refractivity contribution < 1.29 is 9.84 Å². The number of hydrogen-bond donors (Lipinski definition) is 2. The van der Waals surface area contributed by atoms with Crippen molar-refractivity contribution in [3.8, 4) is 5.75 Å². The summed E-state index contributed by atoms with van der Waals surface area (Å²) in [6, 6.07) is 16.7. The van der Waals surface area contributed by atoms with E-state index in [0.29, 0.717) is 6.61 Å². The first-order chi connectivity index (χ1) is 12.8. The summed E-state index contributed by atoms with van der Waals surface area (Å²) in [4.78, 5) is 2.42. The molecule has 4 nitrogen and oxygen atoms in total. The molecule has 0 aliphatic carbocycles. The standard InChI is InChI=1S/C22H26N2O2/c25-20-9-11-24(12-10-20)15-19-6-1-3-7-21(19)23-14-17-13-18-5-2-4-8-22(18)26-16-17/h1-8,13,20,23,25H,9-12,14-16H2. The third-order valence-corrected chi connectivity index (χ3v) is 5.17. The minimum Gasteiger partial charge on any atom is -0.489 e. The number of benzene rings is 2. The van der Waals surface area contributed by atoms with Crippen LogP contribution in [0.2, 0.25) is 0 Å². The number of likely N-dealkylation sites (tertiary alicyclic amines) is 1. The van der Waals surface area contributed by atoms with Crippen LogP contribution in [0.4, 0.5) is 5.69 Å². The van der Waals surface area contributed by atoms with Gasteiger partial charge in [-0.25, -0.2) is 0 Å². The van der Waals surface area contributed by atoms with Gasteiger partial charge in [0.05, 0.1) is 6.10 Å². The molecule has 1 saturated heterocycles. The van der Waals surface area contributed by atoms with Crippen LogP contribution in [0.25, 0.3) is 6.08 Å². The lowest BCUT2D eigenvalue weighted by molar-refractivity contribution is 0.0793. The predicted octanol–water partition coefficient (Wildman–Crippen LogP) is 3.53. The van der Waals surface area contributed by atoms with Gasteiger partial charge >= 0.3 is 0 Å². The third-order valence-electron chi connectivity index (χ3n) is 5.17. The Bertz CT molecular complexity index is 779.